The van der Waals surface area contributed by atoms with Gasteiger partial charge in [0.05, 0.1) is 5.69 Å². The zero-order valence-corrected chi connectivity index (χ0v) is 14.1. The second-order valence-electron chi connectivity index (χ2n) is 5.77. The number of aromatic nitrogens is 1. The fourth-order valence-electron chi connectivity index (χ4n) is 1.88. The minimum atomic E-state index is 0.494. The molecule has 0 amide bonds. The lowest BCUT2D eigenvalue weighted by molar-refractivity contribution is 0.588. The molecule has 0 saturated carbocycles. The van der Waals surface area contributed by atoms with Crippen LogP contribution in [0.1, 0.15) is 63.9 Å². The predicted molar refractivity (Wildman–Crippen MR) is 86.4 cm³/mol. The van der Waals surface area contributed by atoms with E-state index in [1.807, 2.05) is 11.3 Å². The Bertz CT molecular complexity index is 371. The van der Waals surface area contributed by atoms with Gasteiger partial charge in [-0.2, -0.15) is 0 Å². The van der Waals surface area contributed by atoms with Gasteiger partial charge in [0.25, 0.3) is 0 Å². The van der Waals surface area contributed by atoms with Crippen molar-refractivity contribution < 1.29 is 0 Å². The van der Waals surface area contributed by atoms with Crippen LogP contribution in [0.25, 0.3) is 0 Å². The highest BCUT2D eigenvalue weighted by Crippen LogP contribution is 2.30. The van der Waals surface area contributed by atoms with E-state index in [4.69, 9.17) is 4.98 Å². The maximum absolute atomic E-state index is 4.84. The summed E-state index contributed by atoms with van der Waals surface area (Å²) in [6.45, 7) is 13.1. The van der Waals surface area contributed by atoms with Gasteiger partial charge in [0.15, 0.2) is 5.13 Å². The zero-order valence-electron chi connectivity index (χ0n) is 13.3. The molecule has 0 radical (unpaired) electrons. The van der Waals surface area contributed by atoms with Gasteiger partial charge in [-0.25, -0.2) is 4.98 Å². The van der Waals surface area contributed by atoms with Gasteiger partial charge in [-0.15, -0.1) is 11.3 Å². The second-order valence-corrected chi connectivity index (χ2v) is 6.83. The van der Waals surface area contributed by atoms with Crippen LogP contribution in [0.3, 0.4) is 0 Å². The summed E-state index contributed by atoms with van der Waals surface area (Å²) in [7, 11) is 2.15. The number of anilines is 1. The lowest BCUT2D eigenvalue weighted by Crippen LogP contribution is -2.22. The second kappa shape index (κ2) is 7.85. The Morgan fingerprint density at radius 1 is 1.26 bits per heavy atom. The molecule has 1 rings (SSSR count). The molecule has 0 unspecified atom stereocenters. The van der Waals surface area contributed by atoms with Crippen LogP contribution >= 0.6 is 11.3 Å². The number of unbranched alkanes of at least 4 members (excludes halogenated alkanes) is 1. The standard InChI is InChI=1S/C15H29N3S/c1-7-8-9-18(6)15-17-14(11(2)3)13(19-15)10-16-12(4)5/h11-12,16H,7-10H2,1-6H3. The molecule has 0 spiro atoms. The highest BCUT2D eigenvalue weighted by Gasteiger charge is 2.16. The first-order chi connectivity index (χ1) is 8.95. The van der Waals surface area contributed by atoms with Gasteiger partial charge in [-0.1, -0.05) is 41.0 Å². The SMILES string of the molecule is CCCCN(C)c1nc(C(C)C)c(CNC(C)C)s1. The minimum Gasteiger partial charge on any atom is -0.351 e. The molecule has 0 bridgehead atoms. The van der Waals surface area contributed by atoms with Crippen LogP contribution in [0.5, 0.6) is 0 Å². The predicted octanol–water partition coefficient (Wildman–Crippen LogP) is 4.00. The van der Waals surface area contributed by atoms with Crippen LogP contribution < -0.4 is 10.2 Å². The topological polar surface area (TPSA) is 28.2 Å². The largest absolute Gasteiger partial charge is 0.351 e. The third-order valence-electron chi connectivity index (χ3n) is 3.11. The lowest BCUT2D eigenvalue weighted by atomic mass is 10.1. The fraction of sp³-hybridized carbons (Fsp3) is 0.800. The summed E-state index contributed by atoms with van der Waals surface area (Å²) in [6, 6.07) is 0.517. The first kappa shape index (κ1) is 16.4. The van der Waals surface area contributed by atoms with Crippen LogP contribution in [0, 0.1) is 0 Å². The first-order valence-electron chi connectivity index (χ1n) is 7.39. The van der Waals surface area contributed by atoms with Crippen LogP contribution in [-0.2, 0) is 6.54 Å². The van der Waals surface area contributed by atoms with Crippen molar-refractivity contribution in [3.05, 3.63) is 10.6 Å². The molecule has 0 fully saturated rings. The minimum absolute atomic E-state index is 0.494. The van der Waals surface area contributed by atoms with E-state index in [1.165, 1.54) is 23.4 Å². The summed E-state index contributed by atoms with van der Waals surface area (Å²) in [4.78, 5) is 8.53. The molecular formula is C15H29N3S. The molecular weight excluding hydrogens is 254 g/mol. The average Bonchev–Trinajstić information content (AvgIpc) is 2.77. The molecule has 1 N–H and O–H groups in total. The highest BCUT2D eigenvalue weighted by atomic mass is 32.1. The summed E-state index contributed by atoms with van der Waals surface area (Å²) in [5, 5.41) is 4.67. The Hall–Kier alpha value is -0.610. The molecule has 110 valence electrons. The van der Waals surface area contributed by atoms with E-state index in [9.17, 15) is 0 Å². The molecule has 0 atom stereocenters. The molecule has 0 saturated heterocycles. The van der Waals surface area contributed by atoms with Crippen LogP contribution in [0.15, 0.2) is 0 Å². The monoisotopic (exact) mass is 283 g/mol. The molecule has 1 aromatic heterocycles. The van der Waals surface area contributed by atoms with Crippen LogP contribution in [0.4, 0.5) is 5.13 Å². The number of hydrogen-bond acceptors (Lipinski definition) is 4. The van der Waals surface area contributed by atoms with Crippen molar-refractivity contribution in [2.75, 3.05) is 18.5 Å². The van der Waals surface area contributed by atoms with Crippen LogP contribution in [-0.4, -0.2) is 24.6 Å². The summed E-state index contributed by atoms with van der Waals surface area (Å²) in [6.07, 6.45) is 2.46. The Morgan fingerprint density at radius 2 is 1.95 bits per heavy atom. The van der Waals surface area contributed by atoms with Crippen molar-refractivity contribution in [2.45, 2.75) is 66.0 Å². The molecule has 0 aromatic carbocycles. The fourth-order valence-corrected chi connectivity index (χ4v) is 3.03. The van der Waals surface area contributed by atoms with Gasteiger partial charge in [-0.05, 0) is 12.3 Å². The zero-order chi connectivity index (χ0) is 14.4. The van der Waals surface area contributed by atoms with Crippen molar-refractivity contribution in [2.24, 2.45) is 0 Å². The van der Waals surface area contributed by atoms with Crippen molar-refractivity contribution in [3.63, 3.8) is 0 Å². The Labute approximate surface area is 122 Å². The molecule has 0 aliphatic rings. The summed E-state index contributed by atoms with van der Waals surface area (Å²) < 4.78 is 0. The smallest absolute Gasteiger partial charge is 0.185 e. The summed E-state index contributed by atoms with van der Waals surface area (Å²) in [5.74, 6) is 0.494. The molecule has 4 heteroatoms. The number of rotatable bonds is 8. The Kier molecular flexibility index (Phi) is 6.80. The molecule has 1 aromatic rings. The number of thiazole rings is 1. The quantitative estimate of drug-likeness (QED) is 0.781. The van der Waals surface area contributed by atoms with Crippen LogP contribution in [0.2, 0.25) is 0 Å². The average molecular weight is 283 g/mol. The van der Waals surface area contributed by atoms with Gasteiger partial charge in [-0.3, -0.25) is 0 Å². The van der Waals surface area contributed by atoms with E-state index in [-0.39, 0.29) is 0 Å². The van der Waals surface area contributed by atoms with E-state index in [1.54, 1.807) is 0 Å². The Morgan fingerprint density at radius 3 is 2.47 bits per heavy atom. The van der Waals surface area contributed by atoms with Crippen molar-refractivity contribution >= 4 is 16.5 Å². The maximum atomic E-state index is 4.84. The van der Waals surface area contributed by atoms with Gasteiger partial charge in [0.1, 0.15) is 0 Å². The van der Waals surface area contributed by atoms with E-state index >= 15 is 0 Å². The first-order valence-corrected chi connectivity index (χ1v) is 8.21. The van der Waals surface area contributed by atoms with Crippen molar-refractivity contribution in [3.8, 4) is 0 Å². The number of nitrogens with zero attached hydrogens (tertiary/aromatic N) is 2. The van der Waals surface area contributed by atoms with Crippen molar-refractivity contribution in [1.29, 1.82) is 0 Å². The molecule has 1 heterocycles. The van der Waals surface area contributed by atoms with E-state index in [0.717, 1.165) is 18.2 Å². The van der Waals surface area contributed by atoms with Gasteiger partial charge in [0, 0.05) is 31.1 Å². The van der Waals surface area contributed by atoms with Crippen molar-refractivity contribution in [1.82, 2.24) is 10.3 Å². The van der Waals surface area contributed by atoms with Gasteiger partial charge < -0.3 is 10.2 Å². The lowest BCUT2D eigenvalue weighted by Gasteiger charge is -2.14. The number of hydrogen-bond donors (Lipinski definition) is 1. The van der Waals surface area contributed by atoms with E-state index in [0.29, 0.717) is 12.0 Å². The highest BCUT2D eigenvalue weighted by molar-refractivity contribution is 7.15. The molecule has 0 aliphatic heterocycles. The third kappa shape index (κ3) is 5.11. The normalized spacial score (nSPS) is 11.6. The molecule has 0 aliphatic carbocycles. The van der Waals surface area contributed by atoms with Gasteiger partial charge >= 0.3 is 0 Å². The maximum Gasteiger partial charge on any atom is 0.185 e. The Balaban J connectivity index is 2.81. The summed E-state index contributed by atoms with van der Waals surface area (Å²) >= 11 is 1.84. The van der Waals surface area contributed by atoms with E-state index < -0.39 is 0 Å². The molecule has 19 heavy (non-hydrogen) atoms. The third-order valence-corrected chi connectivity index (χ3v) is 4.29. The number of nitrogens with one attached hydrogen (secondary N) is 1. The summed E-state index contributed by atoms with van der Waals surface area (Å²) in [5.41, 5.74) is 1.26. The van der Waals surface area contributed by atoms with Gasteiger partial charge in [0.2, 0.25) is 0 Å². The molecule has 3 nitrogen and oxygen atoms in total. The van der Waals surface area contributed by atoms with E-state index in [2.05, 4.69) is 51.9 Å².